The van der Waals surface area contributed by atoms with E-state index in [0.29, 0.717) is 22.2 Å². The number of anilines is 1. The van der Waals surface area contributed by atoms with Crippen LogP contribution in [0.15, 0.2) is 29.4 Å². The molecule has 4 rings (SSSR count). The summed E-state index contributed by atoms with van der Waals surface area (Å²) in [5.74, 6) is -0.264. The van der Waals surface area contributed by atoms with Crippen molar-refractivity contribution in [2.24, 2.45) is 0 Å². The van der Waals surface area contributed by atoms with Gasteiger partial charge in [0.25, 0.3) is 0 Å². The molecule has 2 heterocycles. The molecule has 1 amide bonds. The number of nitriles is 1. The Kier molecular flexibility index (Phi) is 6.04. The number of nitrogens with zero attached hydrogens (tertiary/aromatic N) is 6. The van der Waals surface area contributed by atoms with Crippen LogP contribution in [0.25, 0.3) is 5.69 Å². The van der Waals surface area contributed by atoms with Crippen LogP contribution < -0.4 is 5.32 Å². The lowest BCUT2D eigenvalue weighted by Gasteiger charge is -2.14. The highest BCUT2D eigenvalue weighted by molar-refractivity contribution is 7.99. The van der Waals surface area contributed by atoms with E-state index in [2.05, 4.69) is 26.9 Å². The Morgan fingerprint density at radius 1 is 1.35 bits per heavy atom. The number of nitrogens with one attached hydrogen (secondary N) is 1. The van der Waals surface area contributed by atoms with Crippen LogP contribution in [0.2, 0.25) is 0 Å². The number of tetrazole rings is 1. The van der Waals surface area contributed by atoms with E-state index in [-0.39, 0.29) is 17.7 Å². The van der Waals surface area contributed by atoms with Crippen LogP contribution in [0.3, 0.4) is 0 Å². The van der Waals surface area contributed by atoms with Crippen molar-refractivity contribution >= 4 is 23.5 Å². The Hall–Kier alpha value is -3.19. The summed E-state index contributed by atoms with van der Waals surface area (Å²) >= 11 is 1.26. The molecule has 0 unspecified atom stereocenters. The minimum absolute atomic E-state index is 0.0877. The number of rotatable bonds is 6. The van der Waals surface area contributed by atoms with Crippen molar-refractivity contribution in [1.82, 2.24) is 24.8 Å². The number of halogens is 1. The molecule has 0 spiro atoms. The quantitative estimate of drug-likeness (QED) is 0.584. The summed E-state index contributed by atoms with van der Waals surface area (Å²) in [6.45, 7) is 3.64. The van der Waals surface area contributed by atoms with E-state index in [1.54, 1.807) is 21.4 Å². The molecule has 8 nitrogen and oxygen atoms in total. The summed E-state index contributed by atoms with van der Waals surface area (Å²) < 4.78 is 17.3. The Morgan fingerprint density at radius 3 is 2.84 bits per heavy atom. The van der Waals surface area contributed by atoms with Gasteiger partial charge in [-0.05, 0) is 60.9 Å². The van der Waals surface area contributed by atoms with Gasteiger partial charge in [0, 0.05) is 5.69 Å². The molecule has 0 radical (unpaired) electrons. The van der Waals surface area contributed by atoms with E-state index >= 15 is 0 Å². The van der Waals surface area contributed by atoms with Crippen molar-refractivity contribution in [2.45, 2.75) is 50.7 Å². The van der Waals surface area contributed by atoms with Gasteiger partial charge in [0.15, 0.2) is 0 Å². The van der Waals surface area contributed by atoms with Crippen LogP contribution in [0.5, 0.6) is 0 Å². The van der Waals surface area contributed by atoms with Crippen LogP contribution in [-0.4, -0.2) is 36.4 Å². The van der Waals surface area contributed by atoms with E-state index in [4.69, 9.17) is 0 Å². The van der Waals surface area contributed by atoms with Gasteiger partial charge in [-0.25, -0.2) is 9.07 Å². The first-order valence-corrected chi connectivity index (χ1v) is 11.1. The Balaban J connectivity index is 1.55. The van der Waals surface area contributed by atoms with Gasteiger partial charge in [-0.15, -0.1) is 5.10 Å². The lowest BCUT2D eigenvalue weighted by Crippen LogP contribution is -2.18. The first-order valence-electron chi connectivity index (χ1n) is 10.1. The fourth-order valence-corrected chi connectivity index (χ4v) is 4.70. The van der Waals surface area contributed by atoms with Gasteiger partial charge in [-0.2, -0.15) is 5.26 Å². The summed E-state index contributed by atoms with van der Waals surface area (Å²) in [5, 5.41) is 25.0. The molecule has 1 aromatic carbocycles. The lowest BCUT2D eigenvalue weighted by molar-refractivity contribution is -0.113. The number of thioether (sulfide) groups is 1. The molecule has 2 aromatic heterocycles. The standard InChI is InChI=1S/C21H22FN7OS/c1-13-14(2)28(17-9-5-6-15(22)10-17)20(18(13)11-23)24-19(30)12-31-21-25-26-27-29(21)16-7-3-4-8-16/h5-6,9-10,16H,3-4,7-8,12H2,1-2H3,(H,24,30). The monoisotopic (exact) mass is 439 g/mol. The maximum absolute atomic E-state index is 13.8. The molecule has 1 aliphatic carbocycles. The smallest absolute Gasteiger partial charge is 0.236 e. The molecule has 1 aliphatic rings. The Bertz CT molecular complexity index is 1160. The molecule has 10 heteroatoms. The minimum Gasteiger partial charge on any atom is -0.310 e. The maximum atomic E-state index is 13.8. The maximum Gasteiger partial charge on any atom is 0.236 e. The topological polar surface area (TPSA) is 101 Å². The molecule has 1 saturated carbocycles. The predicted molar refractivity (Wildman–Crippen MR) is 115 cm³/mol. The van der Waals surface area contributed by atoms with Gasteiger partial charge in [0.2, 0.25) is 11.1 Å². The summed E-state index contributed by atoms with van der Waals surface area (Å²) in [4.78, 5) is 12.8. The third-order valence-electron chi connectivity index (χ3n) is 5.62. The lowest BCUT2D eigenvalue weighted by atomic mass is 10.2. The van der Waals surface area contributed by atoms with Crippen molar-refractivity contribution in [3.63, 3.8) is 0 Å². The molecule has 0 aliphatic heterocycles. The van der Waals surface area contributed by atoms with E-state index in [1.807, 2.05) is 13.8 Å². The predicted octanol–water partition coefficient (Wildman–Crippen LogP) is 3.94. The third kappa shape index (κ3) is 4.18. The van der Waals surface area contributed by atoms with Crippen LogP contribution in [0, 0.1) is 31.0 Å². The number of benzene rings is 1. The molecular weight excluding hydrogens is 417 g/mol. The number of amides is 1. The fourth-order valence-electron chi connectivity index (χ4n) is 3.96. The van der Waals surface area contributed by atoms with Gasteiger partial charge in [-0.3, -0.25) is 9.36 Å². The average molecular weight is 440 g/mol. The van der Waals surface area contributed by atoms with Gasteiger partial charge in [0.05, 0.1) is 23.0 Å². The fraction of sp³-hybridized carbons (Fsp3) is 0.381. The van der Waals surface area contributed by atoms with E-state index < -0.39 is 5.82 Å². The molecule has 0 saturated heterocycles. The first kappa shape index (κ1) is 21.1. The van der Waals surface area contributed by atoms with E-state index in [0.717, 1.165) is 36.9 Å². The number of hydrogen-bond donors (Lipinski definition) is 1. The second-order valence-corrected chi connectivity index (χ2v) is 8.48. The van der Waals surface area contributed by atoms with Crippen molar-refractivity contribution in [3.05, 3.63) is 46.9 Å². The van der Waals surface area contributed by atoms with Gasteiger partial charge >= 0.3 is 0 Å². The molecule has 160 valence electrons. The van der Waals surface area contributed by atoms with Crippen LogP contribution >= 0.6 is 11.8 Å². The number of hydrogen-bond acceptors (Lipinski definition) is 6. The molecule has 0 bridgehead atoms. The van der Waals surface area contributed by atoms with Crippen LogP contribution in [0.4, 0.5) is 10.2 Å². The van der Waals surface area contributed by atoms with Crippen LogP contribution in [0.1, 0.15) is 48.5 Å². The zero-order chi connectivity index (χ0) is 22.0. The number of aromatic nitrogens is 5. The van der Waals surface area contributed by atoms with Gasteiger partial charge in [-0.1, -0.05) is 30.7 Å². The largest absolute Gasteiger partial charge is 0.310 e. The normalized spacial score (nSPS) is 14.0. The Labute approximate surface area is 183 Å². The van der Waals surface area contributed by atoms with Crippen molar-refractivity contribution in [3.8, 4) is 11.8 Å². The SMILES string of the molecule is Cc1c(C#N)c(NC(=O)CSc2nnnn2C2CCCC2)n(-c2cccc(F)c2)c1C. The zero-order valence-electron chi connectivity index (χ0n) is 17.3. The summed E-state index contributed by atoms with van der Waals surface area (Å²) in [6.07, 6.45) is 4.38. The highest BCUT2D eigenvalue weighted by atomic mass is 32.2. The third-order valence-corrected chi connectivity index (χ3v) is 6.55. The number of carbonyl (C=O) groups excluding carboxylic acids is 1. The molecule has 1 fully saturated rings. The second-order valence-electron chi connectivity index (χ2n) is 7.54. The second kappa shape index (κ2) is 8.89. The zero-order valence-corrected chi connectivity index (χ0v) is 18.1. The molecule has 3 aromatic rings. The molecule has 0 atom stereocenters. The molecular formula is C21H22FN7OS. The summed E-state index contributed by atoms with van der Waals surface area (Å²) in [5.41, 5.74) is 2.39. The molecule has 1 N–H and O–H groups in total. The van der Waals surface area contributed by atoms with Crippen molar-refractivity contribution in [1.29, 1.82) is 5.26 Å². The van der Waals surface area contributed by atoms with Crippen molar-refractivity contribution in [2.75, 3.05) is 11.1 Å². The van der Waals surface area contributed by atoms with Gasteiger partial charge in [0.1, 0.15) is 17.7 Å². The first-order chi connectivity index (χ1) is 15.0. The Morgan fingerprint density at radius 2 is 2.13 bits per heavy atom. The summed E-state index contributed by atoms with van der Waals surface area (Å²) in [6, 6.07) is 8.48. The van der Waals surface area contributed by atoms with E-state index in [1.165, 1.54) is 23.9 Å². The number of carbonyl (C=O) groups is 1. The van der Waals surface area contributed by atoms with Gasteiger partial charge < -0.3 is 5.32 Å². The summed E-state index contributed by atoms with van der Waals surface area (Å²) in [7, 11) is 0. The molecule has 31 heavy (non-hydrogen) atoms. The minimum atomic E-state index is -0.395. The van der Waals surface area contributed by atoms with Crippen LogP contribution in [-0.2, 0) is 4.79 Å². The van der Waals surface area contributed by atoms with Crippen molar-refractivity contribution < 1.29 is 9.18 Å². The highest BCUT2D eigenvalue weighted by Gasteiger charge is 2.24. The average Bonchev–Trinajstić information content (AvgIpc) is 3.47. The van der Waals surface area contributed by atoms with E-state index in [9.17, 15) is 14.4 Å². The highest BCUT2D eigenvalue weighted by Crippen LogP contribution is 2.32.